The average molecular weight is 564 g/mol. The molecule has 9 heteroatoms. The fourth-order valence-electron chi connectivity index (χ4n) is 4.49. The highest BCUT2D eigenvalue weighted by Gasteiger charge is 2.34. The molecule has 2 heterocycles. The average Bonchev–Trinajstić information content (AvgIpc) is 3.33. The summed E-state index contributed by atoms with van der Waals surface area (Å²) < 4.78 is 22.0. The van der Waals surface area contributed by atoms with Gasteiger partial charge in [0.05, 0.1) is 6.54 Å². The Balaban J connectivity index is 1.32. The molecule has 0 bridgehead atoms. The maximum absolute atomic E-state index is 14.1. The van der Waals surface area contributed by atoms with Crippen molar-refractivity contribution >= 4 is 41.2 Å². The molecule has 0 radical (unpaired) electrons. The van der Waals surface area contributed by atoms with E-state index in [2.05, 4.69) is 5.32 Å². The molecule has 6 nitrogen and oxygen atoms in total. The zero-order chi connectivity index (χ0) is 27.7. The maximum Gasteiger partial charge on any atom is 0.329 e. The van der Waals surface area contributed by atoms with E-state index < -0.39 is 17.8 Å². The molecule has 1 aliphatic rings. The molecule has 1 aromatic heterocycles. The first-order valence-electron chi connectivity index (χ1n) is 12.2. The molecule has 1 fully saturated rings. The van der Waals surface area contributed by atoms with Crippen LogP contribution in [-0.2, 0) is 17.9 Å². The van der Waals surface area contributed by atoms with Crippen LogP contribution >= 0.6 is 23.2 Å². The Hall–Kier alpha value is -4.07. The van der Waals surface area contributed by atoms with Gasteiger partial charge < -0.3 is 14.6 Å². The van der Waals surface area contributed by atoms with Gasteiger partial charge in [0.2, 0.25) is 0 Å². The van der Waals surface area contributed by atoms with Crippen molar-refractivity contribution in [1.29, 1.82) is 0 Å². The zero-order valence-corrected chi connectivity index (χ0v) is 22.7. The first-order valence-corrected chi connectivity index (χ1v) is 12.9. The minimum atomic E-state index is -0.584. The van der Waals surface area contributed by atoms with Gasteiger partial charge in [0.15, 0.2) is 0 Å². The number of rotatable bonds is 7. The lowest BCUT2D eigenvalue weighted by Gasteiger charge is -2.12. The first kappa shape index (κ1) is 26.5. The minimum Gasteiger partial charge on any atom is -0.489 e. The Labute approximate surface area is 235 Å². The molecule has 5 rings (SSSR count). The van der Waals surface area contributed by atoms with Crippen LogP contribution in [0.25, 0.3) is 11.8 Å². The molecule has 198 valence electrons. The van der Waals surface area contributed by atoms with E-state index in [9.17, 15) is 14.0 Å². The Morgan fingerprint density at radius 1 is 0.949 bits per heavy atom. The number of imide groups is 1. The van der Waals surface area contributed by atoms with Crippen LogP contribution in [0.4, 0.5) is 9.18 Å². The van der Waals surface area contributed by atoms with Crippen molar-refractivity contribution < 1.29 is 18.7 Å². The summed E-state index contributed by atoms with van der Waals surface area (Å²) in [5.41, 5.74) is 4.76. The highest BCUT2D eigenvalue weighted by atomic mass is 35.5. The number of hydrogen-bond acceptors (Lipinski definition) is 3. The van der Waals surface area contributed by atoms with Crippen LogP contribution in [0.2, 0.25) is 10.0 Å². The van der Waals surface area contributed by atoms with Gasteiger partial charge in [0.25, 0.3) is 5.91 Å². The van der Waals surface area contributed by atoms with Crippen LogP contribution in [-0.4, -0.2) is 21.4 Å². The number of nitrogens with one attached hydrogen (secondary N) is 1. The lowest BCUT2D eigenvalue weighted by molar-refractivity contribution is -0.123. The number of aryl methyl sites for hydroxylation is 1. The van der Waals surface area contributed by atoms with Crippen molar-refractivity contribution in [2.75, 3.05) is 0 Å². The van der Waals surface area contributed by atoms with E-state index in [1.54, 1.807) is 36.4 Å². The van der Waals surface area contributed by atoms with Gasteiger partial charge in [-0.1, -0.05) is 47.5 Å². The van der Waals surface area contributed by atoms with Gasteiger partial charge in [0, 0.05) is 38.2 Å². The summed E-state index contributed by atoms with van der Waals surface area (Å²) >= 11 is 12.2. The van der Waals surface area contributed by atoms with Gasteiger partial charge in [-0.2, -0.15) is 0 Å². The van der Waals surface area contributed by atoms with Crippen LogP contribution in [0, 0.1) is 19.7 Å². The molecule has 39 heavy (non-hydrogen) atoms. The molecule has 3 aromatic carbocycles. The number of urea groups is 1. The van der Waals surface area contributed by atoms with E-state index in [1.807, 2.05) is 54.8 Å². The fraction of sp³-hybridized carbons (Fsp3) is 0.133. The van der Waals surface area contributed by atoms with Crippen LogP contribution in [0.15, 0.2) is 78.5 Å². The minimum absolute atomic E-state index is 0.140. The number of carbonyl (C=O) groups is 2. The number of aromatic nitrogens is 1. The number of amides is 3. The van der Waals surface area contributed by atoms with Crippen LogP contribution in [0.1, 0.15) is 28.1 Å². The molecule has 3 amide bonds. The van der Waals surface area contributed by atoms with E-state index in [4.69, 9.17) is 27.9 Å². The van der Waals surface area contributed by atoms with Crippen LogP contribution in [0.3, 0.4) is 0 Å². The molecular formula is C30H24Cl2FN3O3. The second-order valence-electron chi connectivity index (χ2n) is 9.15. The molecule has 1 saturated heterocycles. The second-order valence-corrected chi connectivity index (χ2v) is 9.99. The molecule has 0 saturated carbocycles. The zero-order valence-electron chi connectivity index (χ0n) is 21.2. The van der Waals surface area contributed by atoms with Crippen molar-refractivity contribution in [1.82, 2.24) is 14.8 Å². The second kappa shape index (κ2) is 11.0. The lowest BCUT2D eigenvalue weighted by atomic mass is 10.2. The van der Waals surface area contributed by atoms with E-state index in [1.165, 1.54) is 6.07 Å². The Kier molecular flexibility index (Phi) is 7.46. The summed E-state index contributed by atoms with van der Waals surface area (Å²) in [7, 11) is 0. The Bertz CT molecular complexity index is 1610. The summed E-state index contributed by atoms with van der Waals surface area (Å²) in [4.78, 5) is 26.5. The van der Waals surface area contributed by atoms with E-state index in [0.717, 1.165) is 33.1 Å². The van der Waals surface area contributed by atoms with Gasteiger partial charge in [0.1, 0.15) is 23.9 Å². The third-order valence-electron chi connectivity index (χ3n) is 6.52. The largest absolute Gasteiger partial charge is 0.489 e. The molecule has 0 unspecified atom stereocenters. The normalized spacial score (nSPS) is 14.3. The number of ether oxygens (including phenoxy) is 1. The summed E-state index contributed by atoms with van der Waals surface area (Å²) in [6.45, 7) is 4.06. The summed E-state index contributed by atoms with van der Waals surface area (Å²) in [6, 6.07) is 20.3. The third kappa shape index (κ3) is 5.55. The monoisotopic (exact) mass is 563 g/mol. The van der Waals surface area contributed by atoms with Crippen LogP contribution in [0.5, 0.6) is 5.75 Å². The van der Waals surface area contributed by atoms with Crippen LogP contribution < -0.4 is 10.1 Å². The standard InChI is InChI=1S/C30H24Cl2FN3O3/c1-18-13-22(14-28-29(37)35(30(38)34-28)16-20-5-3-4-6-27(20)33)19(2)36(18)24-9-11-25(12-10-24)39-17-21-7-8-23(31)15-26(21)32/h3-15H,16-17H2,1-2H3,(H,34,38)/b28-14+. The third-order valence-corrected chi connectivity index (χ3v) is 7.11. The highest BCUT2D eigenvalue weighted by Crippen LogP contribution is 2.27. The SMILES string of the molecule is Cc1cc(/C=C2/NC(=O)N(Cc3ccccc3F)C2=O)c(C)n1-c1ccc(OCc2ccc(Cl)cc2Cl)cc1. The molecule has 0 spiro atoms. The van der Waals surface area contributed by atoms with Crippen molar-refractivity contribution in [2.45, 2.75) is 27.0 Å². The molecular weight excluding hydrogens is 540 g/mol. The number of benzene rings is 3. The van der Waals surface area contributed by atoms with Gasteiger partial charge in [-0.15, -0.1) is 0 Å². The molecule has 0 atom stereocenters. The van der Waals surface area contributed by atoms with Crippen molar-refractivity contribution in [3.8, 4) is 11.4 Å². The summed E-state index contributed by atoms with van der Waals surface area (Å²) in [5, 5.41) is 3.73. The van der Waals surface area contributed by atoms with Gasteiger partial charge in [-0.25, -0.2) is 9.18 Å². The molecule has 1 aliphatic heterocycles. The summed E-state index contributed by atoms with van der Waals surface area (Å²) in [5.74, 6) is -0.289. The molecule has 4 aromatic rings. The quantitative estimate of drug-likeness (QED) is 0.191. The molecule has 1 N–H and O–H groups in total. The van der Waals surface area contributed by atoms with E-state index in [0.29, 0.717) is 22.4 Å². The van der Waals surface area contributed by atoms with Gasteiger partial charge >= 0.3 is 6.03 Å². The van der Waals surface area contributed by atoms with E-state index in [-0.39, 0.29) is 17.8 Å². The Morgan fingerprint density at radius 3 is 2.41 bits per heavy atom. The fourth-order valence-corrected chi connectivity index (χ4v) is 4.95. The Morgan fingerprint density at radius 2 is 1.69 bits per heavy atom. The number of carbonyl (C=O) groups excluding carboxylic acids is 2. The first-order chi connectivity index (χ1) is 18.7. The van der Waals surface area contributed by atoms with Crippen molar-refractivity contribution in [3.63, 3.8) is 0 Å². The number of halogens is 3. The highest BCUT2D eigenvalue weighted by molar-refractivity contribution is 6.35. The van der Waals surface area contributed by atoms with Crippen molar-refractivity contribution in [3.05, 3.63) is 122 Å². The number of hydrogen-bond donors (Lipinski definition) is 1. The van der Waals surface area contributed by atoms with Crippen molar-refractivity contribution in [2.24, 2.45) is 0 Å². The lowest BCUT2D eigenvalue weighted by Crippen LogP contribution is -2.30. The predicted molar refractivity (Wildman–Crippen MR) is 149 cm³/mol. The van der Waals surface area contributed by atoms with Gasteiger partial charge in [-0.3, -0.25) is 9.69 Å². The topological polar surface area (TPSA) is 63.6 Å². The maximum atomic E-state index is 14.1. The number of nitrogens with zero attached hydrogens (tertiary/aromatic N) is 2. The van der Waals surface area contributed by atoms with Gasteiger partial charge in [-0.05, 0) is 74.0 Å². The predicted octanol–water partition coefficient (Wildman–Crippen LogP) is 7.21. The smallest absolute Gasteiger partial charge is 0.329 e. The van der Waals surface area contributed by atoms with E-state index >= 15 is 0 Å². The molecule has 0 aliphatic carbocycles. The summed E-state index contributed by atoms with van der Waals surface area (Å²) in [6.07, 6.45) is 1.65.